The lowest BCUT2D eigenvalue weighted by molar-refractivity contribution is 0.0104. The molecule has 0 atom stereocenters. The molecule has 84 valence electrons. The molecule has 0 unspecified atom stereocenters. The van der Waals surface area contributed by atoms with Crippen LogP contribution in [0.3, 0.4) is 0 Å². The fourth-order valence-corrected chi connectivity index (χ4v) is 1.29. The van der Waals surface area contributed by atoms with Crippen LogP contribution in [-0.2, 0) is 11.8 Å². The van der Waals surface area contributed by atoms with Crippen molar-refractivity contribution < 1.29 is 17.6 Å². The number of rotatable bonds is 2. The molecule has 0 radical (unpaired) electrons. The van der Waals surface area contributed by atoms with E-state index in [1.165, 1.54) is 19.1 Å². The molecule has 0 aliphatic carbocycles. The molecule has 0 aromatic heterocycles. The average Bonchev–Trinajstić information content (AvgIpc) is 1.99. The van der Waals surface area contributed by atoms with E-state index in [4.69, 9.17) is 0 Å². The maximum Gasteiger partial charge on any atom is 0.270 e. The zero-order valence-electron chi connectivity index (χ0n) is 8.74. The lowest BCUT2D eigenvalue weighted by Gasteiger charge is -2.16. The Hall–Kier alpha value is -1.06. The Balaban J connectivity index is 3.30. The van der Waals surface area contributed by atoms with Gasteiger partial charge in [-0.15, -0.1) is 0 Å². The van der Waals surface area contributed by atoms with Crippen LogP contribution in [0, 0.1) is 6.92 Å². The molecule has 0 spiro atoms. The predicted octanol–water partition coefficient (Wildman–Crippen LogP) is 4.22. The molecule has 1 rings (SSSR count). The Bertz CT molecular complexity index is 326. The molecule has 1 aromatic carbocycles. The van der Waals surface area contributed by atoms with E-state index in [0.29, 0.717) is 19.4 Å². The Morgan fingerprint density at radius 3 is 1.40 bits per heavy atom. The fourth-order valence-electron chi connectivity index (χ4n) is 1.29. The van der Waals surface area contributed by atoms with Gasteiger partial charge in [-0.25, -0.2) is 17.6 Å². The number of alkyl halides is 4. The first-order valence-electron chi connectivity index (χ1n) is 4.49. The van der Waals surface area contributed by atoms with Crippen LogP contribution >= 0.6 is 0 Å². The van der Waals surface area contributed by atoms with Crippen molar-refractivity contribution in [3.8, 4) is 0 Å². The monoisotopic (exact) mass is 220 g/mol. The number of aryl methyl sites for hydroxylation is 1. The van der Waals surface area contributed by atoms with E-state index in [0.717, 1.165) is 6.07 Å². The topological polar surface area (TPSA) is 0 Å². The van der Waals surface area contributed by atoms with Gasteiger partial charge in [-0.3, -0.25) is 0 Å². The van der Waals surface area contributed by atoms with E-state index < -0.39 is 11.8 Å². The van der Waals surface area contributed by atoms with Crippen molar-refractivity contribution in [2.75, 3.05) is 0 Å². The van der Waals surface area contributed by atoms with E-state index in [2.05, 4.69) is 0 Å². The van der Waals surface area contributed by atoms with Gasteiger partial charge < -0.3 is 0 Å². The molecular formula is C11H12F4. The molecule has 0 aliphatic rings. The summed E-state index contributed by atoms with van der Waals surface area (Å²) in [7, 11) is 0. The molecule has 0 bridgehead atoms. The largest absolute Gasteiger partial charge is 0.270 e. The van der Waals surface area contributed by atoms with Gasteiger partial charge in [0.2, 0.25) is 0 Å². The van der Waals surface area contributed by atoms with Crippen LogP contribution in [0.15, 0.2) is 18.2 Å². The molecule has 0 saturated carbocycles. The average molecular weight is 220 g/mol. The molecule has 0 fully saturated rings. The summed E-state index contributed by atoms with van der Waals surface area (Å²) in [6.45, 7) is 2.91. The van der Waals surface area contributed by atoms with E-state index in [9.17, 15) is 17.6 Å². The van der Waals surface area contributed by atoms with Gasteiger partial charge in [-0.05, 0) is 13.0 Å². The Labute approximate surface area is 85.9 Å². The number of hydrogen-bond donors (Lipinski definition) is 0. The van der Waals surface area contributed by atoms with Crippen LogP contribution in [0.25, 0.3) is 0 Å². The van der Waals surface area contributed by atoms with Crippen LogP contribution in [0.2, 0.25) is 0 Å². The molecule has 0 N–H and O–H groups in total. The summed E-state index contributed by atoms with van der Waals surface area (Å²) in [6.07, 6.45) is 0. The maximum absolute atomic E-state index is 13.0. The Morgan fingerprint density at radius 2 is 1.13 bits per heavy atom. The predicted molar refractivity (Wildman–Crippen MR) is 50.3 cm³/mol. The highest BCUT2D eigenvalue weighted by Crippen LogP contribution is 2.33. The van der Waals surface area contributed by atoms with Gasteiger partial charge in [-0.2, -0.15) is 0 Å². The summed E-state index contributed by atoms with van der Waals surface area (Å²) in [4.78, 5) is 0. The van der Waals surface area contributed by atoms with Gasteiger partial charge in [-0.1, -0.05) is 17.7 Å². The van der Waals surface area contributed by atoms with Gasteiger partial charge in [0.25, 0.3) is 11.8 Å². The molecular weight excluding hydrogens is 208 g/mol. The number of benzene rings is 1. The molecule has 0 aliphatic heterocycles. The summed E-state index contributed by atoms with van der Waals surface area (Å²) in [5.41, 5.74) is -0.344. The maximum atomic E-state index is 13.0. The Kier molecular flexibility index (Phi) is 2.81. The molecule has 0 amide bonds. The van der Waals surface area contributed by atoms with Gasteiger partial charge in [0.1, 0.15) is 0 Å². The lowest BCUT2D eigenvalue weighted by Crippen LogP contribution is -2.12. The van der Waals surface area contributed by atoms with Crippen molar-refractivity contribution in [2.24, 2.45) is 0 Å². The molecule has 4 heteroatoms. The number of halogens is 4. The van der Waals surface area contributed by atoms with Gasteiger partial charge in [0.15, 0.2) is 0 Å². The second kappa shape index (κ2) is 3.51. The SMILES string of the molecule is Cc1cc(C(C)(F)F)cc(C(C)(F)F)c1. The summed E-state index contributed by atoms with van der Waals surface area (Å²) in [5.74, 6) is -6.18. The van der Waals surface area contributed by atoms with Crippen LogP contribution in [-0.4, -0.2) is 0 Å². The highest BCUT2D eigenvalue weighted by molar-refractivity contribution is 5.33. The van der Waals surface area contributed by atoms with Crippen LogP contribution < -0.4 is 0 Å². The minimum atomic E-state index is -3.09. The van der Waals surface area contributed by atoms with E-state index in [1.54, 1.807) is 0 Å². The molecule has 15 heavy (non-hydrogen) atoms. The van der Waals surface area contributed by atoms with Crippen molar-refractivity contribution in [3.05, 3.63) is 34.9 Å². The van der Waals surface area contributed by atoms with Gasteiger partial charge >= 0.3 is 0 Å². The summed E-state index contributed by atoms with van der Waals surface area (Å²) < 4.78 is 51.8. The van der Waals surface area contributed by atoms with Crippen LogP contribution in [0.5, 0.6) is 0 Å². The minimum absolute atomic E-state index is 0.376. The first kappa shape index (κ1) is 12.0. The van der Waals surface area contributed by atoms with E-state index >= 15 is 0 Å². The quantitative estimate of drug-likeness (QED) is 0.654. The van der Waals surface area contributed by atoms with Crippen LogP contribution in [0.1, 0.15) is 30.5 Å². The summed E-state index contributed by atoms with van der Waals surface area (Å²) in [5, 5.41) is 0. The Morgan fingerprint density at radius 1 is 0.800 bits per heavy atom. The van der Waals surface area contributed by atoms with Crippen LogP contribution in [0.4, 0.5) is 17.6 Å². The van der Waals surface area contributed by atoms with Crippen molar-refractivity contribution in [1.29, 1.82) is 0 Å². The standard InChI is InChI=1S/C11H12F4/c1-7-4-8(10(2,12)13)6-9(5-7)11(3,14)15/h4-6H,1-3H3. The molecule has 1 aromatic rings. The highest BCUT2D eigenvalue weighted by Gasteiger charge is 2.30. The highest BCUT2D eigenvalue weighted by atomic mass is 19.3. The minimum Gasteiger partial charge on any atom is -0.202 e. The zero-order valence-corrected chi connectivity index (χ0v) is 8.74. The summed E-state index contributed by atoms with van der Waals surface area (Å²) >= 11 is 0. The van der Waals surface area contributed by atoms with Crippen molar-refractivity contribution in [1.82, 2.24) is 0 Å². The van der Waals surface area contributed by atoms with E-state index in [-0.39, 0.29) is 11.1 Å². The van der Waals surface area contributed by atoms with Crippen molar-refractivity contribution >= 4 is 0 Å². The third-order valence-electron chi connectivity index (χ3n) is 2.09. The van der Waals surface area contributed by atoms with E-state index in [1.807, 2.05) is 0 Å². The van der Waals surface area contributed by atoms with Crippen molar-refractivity contribution in [2.45, 2.75) is 32.6 Å². The molecule has 0 saturated heterocycles. The first-order valence-corrected chi connectivity index (χ1v) is 4.49. The normalized spacial score (nSPS) is 13.0. The second-order valence-corrected chi connectivity index (χ2v) is 3.86. The number of hydrogen-bond acceptors (Lipinski definition) is 0. The van der Waals surface area contributed by atoms with Crippen molar-refractivity contribution in [3.63, 3.8) is 0 Å². The molecule has 0 heterocycles. The third-order valence-corrected chi connectivity index (χ3v) is 2.09. The fraction of sp³-hybridized carbons (Fsp3) is 0.455. The second-order valence-electron chi connectivity index (χ2n) is 3.86. The molecule has 0 nitrogen and oxygen atoms in total. The first-order chi connectivity index (χ1) is 6.60. The van der Waals surface area contributed by atoms with Gasteiger partial charge in [0.05, 0.1) is 0 Å². The summed E-state index contributed by atoms with van der Waals surface area (Å²) in [6, 6.07) is 3.29. The third kappa shape index (κ3) is 2.94. The van der Waals surface area contributed by atoms with Gasteiger partial charge in [0, 0.05) is 25.0 Å². The smallest absolute Gasteiger partial charge is 0.202 e. The lowest BCUT2D eigenvalue weighted by atomic mass is 10.00. The zero-order chi connectivity index (χ0) is 11.9.